The summed E-state index contributed by atoms with van der Waals surface area (Å²) in [4.78, 5) is 44.4. The van der Waals surface area contributed by atoms with Gasteiger partial charge < -0.3 is 9.15 Å². The van der Waals surface area contributed by atoms with Crippen molar-refractivity contribution in [2.75, 3.05) is 4.90 Å². The standard InChI is InChI=1S/C29H18N2O5/c32-27-23-10-4-8-18-9-5-11-24(25(18)23)28(33)31(27)22-14-12-20(13-15-22)29(34)36-17-21-16-35-26(30-21)19-6-2-1-3-7-19/h1-16H,17H2. The zero-order valence-electron chi connectivity index (χ0n) is 18.9. The Morgan fingerprint density at radius 3 is 2.14 bits per heavy atom. The van der Waals surface area contributed by atoms with Crippen LogP contribution in [0.25, 0.3) is 22.2 Å². The maximum atomic E-state index is 13.2. The lowest BCUT2D eigenvalue weighted by Crippen LogP contribution is -2.40. The van der Waals surface area contributed by atoms with E-state index in [-0.39, 0.29) is 12.2 Å². The third kappa shape index (κ3) is 3.63. The maximum Gasteiger partial charge on any atom is 0.338 e. The first-order valence-corrected chi connectivity index (χ1v) is 11.3. The predicted octanol–water partition coefficient (Wildman–Crippen LogP) is 5.65. The molecule has 0 N–H and O–H groups in total. The summed E-state index contributed by atoms with van der Waals surface area (Å²) in [6.45, 7) is -0.0548. The predicted molar refractivity (Wildman–Crippen MR) is 133 cm³/mol. The summed E-state index contributed by atoms with van der Waals surface area (Å²) < 4.78 is 10.8. The lowest BCUT2D eigenvalue weighted by molar-refractivity contribution is 0.0467. The number of hydrogen-bond acceptors (Lipinski definition) is 6. The van der Waals surface area contributed by atoms with E-state index in [0.717, 1.165) is 15.8 Å². The zero-order valence-corrected chi connectivity index (χ0v) is 18.9. The number of nitrogens with zero attached hydrogens (tertiary/aromatic N) is 2. The number of carbonyl (C=O) groups excluding carboxylic acids is 3. The van der Waals surface area contributed by atoms with Crippen LogP contribution in [0.15, 0.2) is 102 Å². The van der Waals surface area contributed by atoms with E-state index in [1.54, 1.807) is 36.4 Å². The number of oxazole rings is 1. The molecule has 0 spiro atoms. The van der Waals surface area contributed by atoms with Gasteiger partial charge in [-0.2, -0.15) is 0 Å². The lowest BCUT2D eigenvalue weighted by atomic mass is 9.94. The minimum atomic E-state index is -0.558. The van der Waals surface area contributed by atoms with Gasteiger partial charge in [0.2, 0.25) is 5.89 Å². The van der Waals surface area contributed by atoms with Crippen molar-refractivity contribution in [3.8, 4) is 11.5 Å². The van der Waals surface area contributed by atoms with Crippen molar-refractivity contribution in [3.05, 3.63) is 120 Å². The molecule has 7 heteroatoms. The number of ether oxygens (including phenoxy) is 1. The first kappa shape index (κ1) is 21.5. The molecule has 0 saturated heterocycles. The number of benzene rings is 4. The van der Waals surface area contributed by atoms with Crippen molar-refractivity contribution in [2.45, 2.75) is 6.61 Å². The van der Waals surface area contributed by atoms with Crippen LogP contribution in [0.5, 0.6) is 0 Å². The van der Waals surface area contributed by atoms with Crippen LogP contribution in [0.4, 0.5) is 5.69 Å². The Hall–Kier alpha value is -5.04. The molecule has 0 unspecified atom stereocenters. The van der Waals surface area contributed by atoms with Gasteiger partial charge in [0, 0.05) is 22.1 Å². The number of anilines is 1. The number of imide groups is 1. The van der Waals surface area contributed by atoms with Gasteiger partial charge in [-0.05, 0) is 53.9 Å². The van der Waals surface area contributed by atoms with E-state index in [1.165, 1.54) is 18.4 Å². The van der Waals surface area contributed by atoms with Gasteiger partial charge in [-0.15, -0.1) is 0 Å². The second-order valence-corrected chi connectivity index (χ2v) is 8.29. The smallest absolute Gasteiger partial charge is 0.338 e. The molecule has 0 aliphatic carbocycles. The molecule has 1 aliphatic rings. The second kappa shape index (κ2) is 8.63. The second-order valence-electron chi connectivity index (χ2n) is 8.29. The fourth-order valence-electron chi connectivity index (χ4n) is 4.32. The summed E-state index contributed by atoms with van der Waals surface area (Å²) in [5.74, 6) is -0.920. The van der Waals surface area contributed by atoms with E-state index in [1.807, 2.05) is 42.5 Å². The molecule has 5 aromatic rings. The van der Waals surface area contributed by atoms with Gasteiger partial charge in [-0.25, -0.2) is 14.7 Å². The molecule has 36 heavy (non-hydrogen) atoms. The van der Waals surface area contributed by atoms with Gasteiger partial charge in [0.1, 0.15) is 18.6 Å². The third-order valence-electron chi connectivity index (χ3n) is 6.06. The number of esters is 1. The van der Waals surface area contributed by atoms with Crippen LogP contribution in [-0.4, -0.2) is 22.8 Å². The van der Waals surface area contributed by atoms with E-state index in [9.17, 15) is 14.4 Å². The van der Waals surface area contributed by atoms with Crippen molar-refractivity contribution < 1.29 is 23.5 Å². The SMILES string of the molecule is O=C(OCc1coc(-c2ccccc2)n1)c1ccc(N2C(=O)c3cccc4cccc(c34)C2=O)cc1. The van der Waals surface area contributed by atoms with Crippen LogP contribution in [-0.2, 0) is 11.3 Å². The first-order chi connectivity index (χ1) is 17.6. The van der Waals surface area contributed by atoms with Crippen molar-refractivity contribution in [1.29, 1.82) is 0 Å². The van der Waals surface area contributed by atoms with E-state index >= 15 is 0 Å². The van der Waals surface area contributed by atoms with E-state index in [2.05, 4.69) is 4.98 Å². The van der Waals surface area contributed by atoms with Crippen LogP contribution in [0.1, 0.15) is 36.8 Å². The van der Waals surface area contributed by atoms with E-state index in [0.29, 0.717) is 33.8 Å². The maximum absolute atomic E-state index is 13.2. The highest BCUT2D eigenvalue weighted by Crippen LogP contribution is 2.32. The molecule has 2 heterocycles. The summed E-state index contributed by atoms with van der Waals surface area (Å²) in [6, 6.07) is 26.4. The Morgan fingerprint density at radius 1 is 0.806 bits per heavy atom. The largest absolute Gasteiger partial charge is 0.455 e. The molecule has 0 fully saturated rings. The van der Waals surface area contributed by atoms with Gasteiger partial charge in [0.25, 0.3) is 11.8 Å². The van der Waals surface area contributed by atoms with Gasteiger partial charge in [0.05, 0.1) is 11.3 Å². The van der Waals surface area contributed by atoms with E-state index < -0.39 is 17.8 Å². The highest BCUT2D eigenvalue weighted by atomic mass is 16.5. The Morgan fingerprint density at radius 2 is 1.47 bits per heavy atom. The first-order valence-electron chi connectivity index (χ1n) is 11.3. The Kier molecular flexibility index (Phi) is 5.15. The number of hydrogen-bond donors (Lipinski definition) is 0. The van der Waals surface area contributed by atoms with Crippen LogP contribution in [0.2, 0.25) is 0 Å². The quantitative estimate of drug-likeness (QED) is 0.241. The van der Waals surface area contributed by atoms with Gasteiger partial charge in [-0.1, -0.05) is 42.5 Å². The number of aromatic nitrogens is 1. The summed E-state index contributed by atoms with van der Waals surface area (Å²) in [6.07, 6.45) is 1.45. The molecule has 1 aliphatic heterocycles. The minimum absolute atomic E-state index is 0.0548. The highest BCUT2D eigenvalue weighted by molar-refractivity contribution is 6.35. The van der Waals surface area contributed by atoms with Crippen LogP contribution < -0.4 is 4.90 Å². The fraction of sp³-hybridized carbons (Fsp3) is 0.0345. The third-order valence-corrected chi connectivity index (χ3v) is 6.06. The molecule has 2 amide bonds. The molecule has 0 saturated carbocycles. The van der Waals surface area contributed by atoms with Crippen LogP contribution >= 0.6 is 0 Å². The molecule has 0 radical (unpaired) electrons. The zero-order chi connectivity index (χ0) is 24.6. The fourth-order valence-corrected chi connectivity index (χ4v) is 4.32. The Bertz CT molecular complexity index is 1590. The van der Waals surface area contributed by atoms with Crippen molar-refractivity contribution in [2.24, 2.45) is 0 Å². The normalized spacial score (nSPS) is 12.7. The van der Waals surface area contributed by atoms with E-state index in [4.69, 9.17) is 9.15 Å². The molecule has 7 nitrogen and oxygen atoms in total. The number of rotatable bonds is 5. The van der Waals surface area contributed by atoms with Gasteiger partial charge >= 0.3 is 5.97 Å². The molecule has 4 aromatic carbocycles. The topological polar surface area (TPSA) is 89.7 Å². The molecule has 0 atom stereocenters. The van der Waals surface area contributed by atoms with Crippen molar-refractivity contribution >= 4 is 34.2 Å². The van der Waals surface area contributed by atoms with Crippen molar-refractivity contribution in [3.63, 3.8) is 0 Å². The summed E-state index contributed by atoms with van der Waals surface area (Å²) in [5.41, 5.74) is 2.90. The average molecular weight is 474 g/mol. The number of carbonyl (C=O) groups is 3. The van der Waals surface area contributed by atoms with Crippen LogP contribution in [0.3, 0.4) is 0 Å². The lowest BCUT2D eigenvalue weighted by Gasteiger charge is -2.27. The minimum Gasteiger partial charge on any atom is -0.455 e. The molecule has 1 aromatic heterocycles. The monoisotopic (exact) mass is 474 g/mol. The molecule has 6 rings (SSSR count). The molecular weight excluding hydrogens is 456 g/mol. The summed E-state index contributed by atoms with van der Waals surface area (Å²) in [5, 5.41) is 1.50. The molecule has 174 valence electrons. The Labute approximate surface area is 205 Å². The molecular formula is C29H18N2O5. The van der Waals surface area contributed by atoms with Crippen LogP contribution in [0, 0.1) is 0 Å². The molecule has 0 bridgehead atoms. The summed E-state index contributed by atoms with van der Waals surface area (Å²) in [7, 11) is 0. The Balaban J connectivity index is 1.18. The van der Waals surface area contributed by atoms with Gasteiger partial charge in [-0.3, -0.25) is 9.59 Å². The summed E-state index contributed by atoms with van der Waals surface area (Å²) >= 11 is 0. The van der Waals surface area contributed by atoms with Crippen molar-refractivity contribution in [1.82, 2.24) is 4.98 Å². The van der Waals surface area contributed by atoms with Gasteiger partial charge in [0.15, 0.2) is 0 Å². The highest BCUT2D eigenvalue weighted by Gasteiger charge is 2.33. The number of amides is 2. The average Bonchev–Trinajstić information content (AvgIpc) is 3.40.